The SMILES string of the molecule is N#CC1=C(N)Oc2c(c(=O)oc3ccccc23)C1C(=O)c1ccc(Br)cc1. The van der Waals surface area contributed by atoms with Crippen molar-refractivity contribution in [2.75, 3.05) is 0 Å². The number of carbonyl (C=O) groups is 1. The van der Waals surface area contributed by atoms with Crippen LogP contribution in [-0.4, -0.2) is 5.78 Å². The molecular weight excluding hydrogens is 412 g/mol. The van der Waals surface area contributed by atoms with Crippen molar-refractivity contribution in [3.8, 4) is 11.8 Å². The van der Waals surface area contributed by atoms with E-state index in [4.69, 9.17) is 14.9 Å². The molecule has 1 aliphatic heterocycles. The minimum Gasteiger partial charge on any atom is -0.439 e. The second-order valence-electron chi connectivity index (χ2n) is 5.92. The van der Waals surface area contributed by atoms with Crippen molar-refractivity contribution in [3.05, 3.63) is 86.0 Å². The Bertz CT molecular complexity index is 1220. The van der Waals surface area contributed by atoms with Crippen molar-refractivity contribution in [1.29, 1.82) is 5.26 Å². The molecule has 2 aromatic carbocycles. The van der Waals surface area contributed by atoms with Gasteiger partial charge in [-0.1, -0.05) is 40.2 Å². The number of carbonyl (C=O) groups excluding carboxylic acids is 1. The van der Waals surface area contributed by atoms with E-state index in [1.807, 2.05) is 6.07 Å². The highest BCUT2D eigenvalue weighted by Gasteiger charge is 2.39. The number of fused-ring (bicyclic) bond motifs is 3. The first-order valence-electron chi connectivity index (χ1n) is 7.94. The third kappa shape index (κ3) is 2.71. The van der Waals surface area contributed by atoms with E-state index in [0.29, 0.717) is 16.5 Å². The lowest BCUT2D eigenvalue weighted by Gasteiger charge is -2.24. The monoisotopic (exact) mass is 422 g/mol. The lowest BCUT2D eigenvalue weighted by Crippen LogP contribution is -2.30. The van der Waals surface area contributed by atoms with Gasteiger partial charge >= 0.3 is 5.63 Å². The zero-order valence-corrected chi connectivity index (χ0v) is 15.3. The van der Waals surface area contributed by atoms with Gasteiger partial charge in [0, 0.05) is 10.0 Å². The van der Waals surface area contributed by atoms with Crippen molar-refractivity contribution in [2.24, 2.45) is 5.73 Å². The van der Waals surface area contributed by atoms with E-state index >= 15 is 0 Å². The number of nitrogens with zero attached hydrogens (tertiary/aromatic N) is 1. The number of benzene rings is 2. The fraction of sp³-hybridized carbons (Fsp3) is 0.0500. The number of hydrogen-bond donors (Lipinski definition) is 1. The second-order valence-corrected chi connectivity index (χ2v) is 6.84. The molecule has 3 aromatic rings. The van der Waals surface area contributed by atoms with Gasteiger partial charge in [0.25, 0.3) is 0 Å². The molecule has 2 N–H and O–H groups in total. The van der Waals surface area contributed by atoms with Gasteiger partial charge in [0.1, 0.15) is 17.2 Å². The average Bonchev–Trinajstić information content (AvgIpc) is 2.67. The molecule has 6 nitrogen and oxygen atoms in total. The molecule has 1 aliphatic rings. The van der Waals surface area contributed by atoms with Gasteiger partial charge < -0.3 is 14.9 Å². The van der Waals surface area contributed by atoms with Crippen LogP contribution in [0.25, 0.3) is 11.0 Å². The van der Waals surface area contributed by atoms with Gasteiger partial charge in [-0.05, 0) is 24.3 Å². The molecule has 2 heterocycles. The van der Waals surface area contributed by atoms with Crippen molar-refractivity contribution >= 4 is 32.7 Å². The van der Waals surface area contributed by atoms with E-state index in [0.717, 1.165) is 4.47 Å². The van der Waals surface area contributed by atoms with E-state index in [2.05, 4.69) is 15.9 Å². The fourth-order valence-electron chi connectivity index (χ4n) is 3.11. The number of Topliss-reactive ketones (excluding diaryl/α,β-unsaturated/α-hetero) is 1. The van der Waals surface area contributed by atoms with Crippen molar-refractivity contribution in [2.45, 2.75) is 5.92 Å². The Kier molecular flexibility index (Phi) is 4.05. The molecule has 7 heteroatoms. The Morgan fingerprint density at radius 1 is 1.15 bits per heavy atom. The van der Waals surface area contributed by atoms with E-state index in [1.54, 1.807) is 48.5 Å². The summed E-state index contributed by atoms with van der Waals surface area (Å²) in [6, 6.07) is 15.3. The molecule has 0 aliphatic carbocycles. The summed E-state index contributed by atoms with van der Waals surface area (Å²) < 4.78 is 11.7. The number of para-hydroxylation sites is 1. The number of nitrogens with two attached hydrogens (primary N) is 1. The van der Waals surface area contributed by atoms with Crippen LogP contribution in [0.15, 0.2) is 73.7 Å². The Balaban J connectivity index is 2.00. The Hall–Kier alpha value is -3.37. The molecule has 0 radical (unpaired) electrons. The summed E-state index contributed by atoms with van der Waals surface area (Å²) in [7, 11) is 0. The Labute approximate surface area is 161 Å². The zero-order chi connectivity index (χ0) is 19.1. The molecule has 0 bridgehead atoms. The van der Waals surface area contributed by atoms with Gasteiger partial charge in [0.2, 0.25) is 5.88 Å². The van der Waals surface area contributed by atoms with Crippen LogP contribution < -0.4 is 16.1 Å². The van der Waals surface area contributed by atoms with Gasteiger partial charge in [-0.2, -0.15) is 5.26 Å². The van der Waals surface area contributed by atoms with Gasteiger partial charge in [0.05, 0.1) is 16.9 Å². The quantitative estimate of drug-likeness (QED) is 0.499. The lowest BCUT2D eigenvalue weighted by atomic mass is 9.83. The van der Waals surface area contributed by atoms with Crippen molar-refractivity contribution in [1.82, 2.24) is 0 Å². The first-order chi connectivity index (χ1) is 13.0. The topological polar surface area (TPSA) is 106 Å². The minimum absolute atomic E-state index is 0.0210. The van der Waals surface area contributed by atoms with Gasteiger partial charge in [-0.3, -0.25) is 4.79 Å². The van der Waals surface area contributed by atoms with Crippen molar-refractivity contribution < 1.29 is 13.9 Å². The molecule has 1 atom stereocenters. The van der Waals surface area contributed by atoms with E-state index < -0.39 is 17.3 Å². The summed E-state index contributed by atoms with van der Waals surface area (Å²) in [5.41, 5.74) is 5.69. The van der Waals surface area contributed by atoms with Crippen LogP contribution in [0.3, 0.4) is 0 Å². The summed E-state index contributed by atoms with van der Waals surface area (Å²) in [4.78, 5) is 25.9. The van der Waals surface area contributed by atoms with E-state index in [9.17, 15) is 14.9 Å². The average molecular weight is 423 g/mol. The van der Waals surface area contributed by atoms with E-state index in [1.165, 1.54) is 0 Å². The molecular formula is C20H11BrN2O4. The molecule has 1 unspecified atom stereocenters. The van der Waals surface area contributed by atoms with Gasteiger partial charge in [0.15, 0.2) is 11.5 Å². The number of nitriles is 1. The van der Waals surface area contributed by atoms with Crippen LogP contribution in [0, 0.1) is 11.3 Å². The molecule has 0 amide bonds. The normalized spacial score (nSPS) is 15.8. The zero-order valence-electron chi connectivity index (χ0n) is 13.7. The molecule has 0 spiro atoms. The molecule has 132 valence electrons. The molecule has 0 saturated heterocycles. The van der Waals surface area contributed by atoms with Crippen LogP contribution in [0.4, 0.5) is 0 Å². The highest BCUT2D eigenvalue weighted by Crippen LogP contribution is 2.41. The maximum Gasteiger partial charge on any atom is 0.344 e. The summed E-state index contributed by atoms with van der Waals surface area (Å²) in [6.45, 7) is 0. The van der Waals surface area contributed by atoms with Crippen molar-refractivity contribution in [3.63, 3.8) is 0 Å². The number of ether oxygens (including phenoxy) is 1. The van der Waals surface area contributed by atoms with Gasteiger partial charge in [-0.15, -0.1) is 0 Å². The van der Waals surface area contributed by atoms with Crippen LogP contribution in [0.5, 0.6) is 5.75 Å². The Morgan fingerprint density at radius 3 is 2.56 bits per heavy atom. The third-order valence-electron chi connectivity index (χ3n) is 4.37. The van der Waals surface area contributed by atoms with Crippen LogP contribution in [-0.2, 0) is 0 Å². The maximum absolute atomic E-state index is 13.2. The number of halogens is 1. The van der Waals surface area contributed by atoms with Crippen LogP contribution in [0.1, 0.15) is 21.8 Å². The number of rotatable bonds is 2. The standard InChI is InChI=1S/C20H11BrN2O4/c21-11-7-5-10(6-8-11)17(24)15-13(9-22)19(23)27-18-12-3-1-2-4-14(12)26-20(25)16(15)18/h1-8,15H,23H2. The predicted molar refractivity (Wildman–Crippen MR) is 101 cm³/mol. The second kappa shape index (κ2) is 6.41. The molecule has 4 rings (SSSR count). The molecule has 0 fully saturated rings. The van der Waals surface area contributed by atoms with E-state index in [-0.39, 0.29) is 22.8 Å². The molecule has 0 saturated carbocycles. The predicted octanol–water partition coefficient (Wildman–Crippen LogP) is 3.61. The fourth-order valence-corrected chi connectivity index (χ4v) is 3.37. The number of hydrogen-bond acceptors (Lipinski definition) is 6. The Morgan fingerprint density at radius 2 is 1.85 bits per heavy atom. The first-order valence-corrected chi connectivity index (χ1v) is 8.73. The summed E-state index contributed by atoms with van der Waals surface area (Å²) in [6.07, 6.45) is 0. The van der Waals surface area contributed by atoms with Gasteiger partial charge in [-0.25, -0.2) is 4.79 Å². The largest absolute Gasteiger partial charge is 0.439 e. The minimum atomic E-state index is -1.19. The van der Waals surface area contributed by atoms with Crippen LogP contribution >= 0.6 is 15.9 Å². The summed E-state index contributed by atoms with van der Waals surface area (Å²) >= 11 is 3.31. The lowest BCUT2D eigenvalue weighted by molar-refractivity contribution is 0.0967. The molecule has 27 heavy (non-hydrogen) atoms. The summed E-state index contributed by atoms with van der Waals surface area (Å²) in [5.74, 6) is -1.68. The third-order valence-corrected chi connectivity index (χ3v) is 4.89. The van der Waals surface area contributed by atoms with Crippen LogP contribution in [0.2, 0.25) is 0 Å². The number of ketones is 1. The highest BCUT2D eigenvalue weighted by atomic mass is 79.9. The maximum atomic E-state index is 13.2. The molecule has 1 aromatic heterocycles. The highest BCUT2D eigenvalue weighted by molar-refractivity contribution is 9.10. The summed E-state index contributed by atoms with van der Waals surface area (Å²) in [5, 5.41) is 10.0. The number of allylic oxidation sites excluding steroid dienone is 1. The smallest absolute Gasteiger partial charge is 0.344 e. The first kappa shape index (κ1) is 17.1.